The van der Waals surface area contributed by atoms with Crippen molar-refractivity contribution < 1.29 is 9.53 Å². The number of benzene rings is 1. The lowest BCUT2D eigenvalue weighted by molar-refractivity contribution is -0.114. The Morgan fingerprint density at radius 1 is 1.42 bits per heavy atom. The summed E-state index contributed by atoms with van der Waals surface area (Å²) in [5, 5.41) is 9.47. The van der Waals surface area contributed by atoms with E-state index in [1.54, 1.807) is 7.11 Å². The van der Waals surface area contributed by atoms with Gasteiger partial charge in [-0.25, -0.2) is 4.99 Å². The van der Waals surface area contributed by atoms with Gasteiger partial charge in [-0.05, 0) is 37.0 Å². The molecule has 0 heterocycles. The van der Waals surface area contributed by atoms with Crippen LogP contribution in [0.4, 0.5) is 5.69 Å². The number of rotatable bonds is 6. The van der Waals surface area contributed by atoms with Crippen molar-refractivity contribution in [3.05, 3.63) is 23.8 Å². The van der Waals surface area contributed by atoms with Crippen molar-refractivity contribution in [1.82, 2.24) is 10.6 Å². The van der Waals surface area contributed by atoms with Gasteiger partial charge >= 0.3 is 0 Å². The van der Waals surface area contributed by atoms with E-state index in [9.17, 15) is 4.79 Å². The number of nitrogens with one attached hydrogen (secondary N) is 3. The lowest BCUT2D eigenvalue weighted by atomic mass is 10.2. The van der Waals surface area contributed by atoms with Gasteiger partial charge in [-0.1, -0.05) is 13.0 Å². The molecule has 6 nitrogen and oxygen atoms in total. The summed E-state index contributed by atoms with van der Waals surface area (Å²) in [5.74, 6) is 2.07. The first-order valence-electron chi connectivity index (χ1n) is 8.02. The van der Waals surface area contributed by atoms with Crippen molar-refractivity contribution in [2.75, 3.05) is 19.0 Å². The standard InChI is InChI=1S/C17H26N4O2.HI/c1-5-18-17(21-14-8-11(14)2)19-10-13-6-7-16(23-4)15(9-13)20-12(3)22;/h6-7,9,11,14H,5,8,10H2,1-4H3,(H,20,22)(H2,18,19,21);1H. The molecule has 0 aromatic heterocycles. The molecule has 1 aromatic rings. The molecule has 134 valence electrons. The lowest BCUT2D eigenvalue weighted by Gasteiger charge is -2.12. The first-order chi connectivity index (χ1) is 11.0. The van der Waals surface area contributed by atoms with E-state index < -0.39 is 0 Å². The molecule has 1 aliphatic rings. The van der Waals surface area contributed by atoms with Crippen molar-refractivity contribution in [2.24, 2.45) is 10.9 Å². The van der Waals surface area contributed by atoms with E-state index in [0.717, 1.165) is 18.1 Å². The molecule has 2 unspecified atom stereocenters. The fourth-order valence-electron chi connectivity index (χ4n) is 2.33. The third-order valence-electron chi connectivity index (χ3n) is 3.77. The molecule has 1 aromatic carbocycles. The van der Waals surface area contributed by atoms with Gasteiger partial charge in [0.1, 0.15) is 5.75 Å². The molecule has 0 aliphatic heterocycles. The summed E-state index contributed by atoms with van der Waals surface area (Å²) in [6.45, 7) is 7.12. The van der Waals surface area contributed by atoms with Gasteiger partial charge in [0.2, 0.25) is 5.91 Å². The molecule has 7 heteroatoms. The number of halogens is 1. The van der Waals surface area contributed by atoms with Crippen LogP contribution in [-0.2, 0) is 11.3 Å². The van der Waals surface area contributed by atoms with Crippen molar-refractivity contribution in [2.45, 2.75) is 39.8 Å². The molecule has 2 rings (SSSR count). The number of anilines is 1. The zero-order valence-corrected chi connectivity index (χ0v) is 17.0. The summed E-state index contributed by atoms with van der Waals surface area (Å²) in [6.07, 6.45) is 1.19. The number of ether oxygens (including phenoxy) is 1. The van der Waals surface area contributed by atoms with Gasteiger partial charge in [0.15, 0.2) is 5.96 Å². The number of nitrogens with zero attached hydrogens (tertiary/aromatic N) is 1. The highest BCUT2D eigenvalue weighted by Gasteiger charge is 2.33. The Bertz CT molecular complexity index is 592. The number of methoxy groups -OCH3 is 1. The minimum Gasteiger partial charge on any atom is -0.495 e. The molecule has 1 fully saturated rings. The van der Waals surface area contributed by atoms with Crippen LogP contribution in [0, 0.1) is 5.92 Å². The Kier molecular flexibility index (Phi) is 8.30. The number of carbonyl (C=O) groups is 1. The number of hydrogen-bond donors (Lipinski definition) is 3. The monoisotopic (exact) mass is 446 g/mol. The van der Waals surface area contributed by atoms with Crippen LogP contribution in [0.2, 0.25) is 0 Å². The van der Waals surface area contributed by atoms with Crippen LogP contribution in [-0.4, -0.2) is 31.6 Å². The van der Waals surface area contributed by atoms with Crippen LogP contribution in [0.5, 0.6) is 5.75 Å². The average Bonchev–Trinajstić information content (AvgIpc) is 3.20. The second-order valence-corrected chi connectivity index (χ2v) is 5.87. The molecule has 2 atom stereocenters. The second kappa shape index (κ2) is 9.71. The topological polar surface area (TPSA) is 74.8 Å². The van der Waals surface area contributed by atoms with E-state index in [0.29, 0.717) is 29.9 Å². The molecule has 0 radical (unpaired) electrons. The van der Waals surface area contributed by atoms with Crippen molar-refractivity contribution in [1.29, 1.82) is 0 Å². The molecule has 1 amide bonds. The molecule has 0 bridgehead atoms. The number of carbonyl (C=O) groups excluding carboxylic acids is 1. The normalized spacial score (nSPS) is 19.1. The molecule has 3 N–H and O–H groups in total. The molecular formula is C17H27IN4O2. The van der Waals surface area contributed by atoms with E-state index in [4.69, 9.17) is 4.74 Å². The largest absolute Gasteiger partial charge is 0.495 e. The highest BCUT2D eigenvalue weighted by Crippen LogP contribution is 2.29. The Hall–Kier alpha value is -1.51. The smallest absolute Gasteiger partial charge is 0.221 e. The second-order valence-electron chi connectivity index (χ2n) is 5.87. The van der Waals surface area contributed by atoms with Crippen LogP contribution >= 0.6 is 24.0 Å². The van der Waals surface area contributed by atoms with E-state index in [-0.39, 0.29) is 29.9 Å². The first-order valence-corrected chi connectivity index (χ1v) is 8.02. The van der Waals surface area contributed by atoms with Gasteiger partial charge in [0.05, 0.1) is 19.3 Å². The van der Waals surface area contributed by atoms with E-state index >= 15 is 0 Å². The summed E-state index contributed by atoms with van der Waals surface area (Å²) in [4.78, 5) is 15.9. The quantitative estimate of drug-likeness (QED) is 0.357. The SMILES string of the molecule is CCNC(=NCc1ccc(OC)c(NC(C)=O)c1)NC1CC1C.I. The lowest BCUT2D eigenvalue weighted by Crippen LogP contribution is -2.39. The zero-order valence-electron chi connectivity index (χ0n) is 14.7. The summed E-state index contributed by atoms with van der Waals surface area (Å²) in [6, 6.07) is 6.22. The van der Waals surface area contributed by atoms with Crippen LogP contribution < -0.4 is 20.7 Å². The van der Waals surface area contributed by atoms with Crippen molar-refractivity contribution in [3.63, 3.8) is 0 Å². The maximum absolute atomic E-state index is 11.3. The van der Waals surface area contributed by atoms with Crippen LogP contribution in [0.1, 0.15) is 32.8 Å². The Balaban J connectivity index is 0.00000288. The van der Waals surface area contributed by atoms with Crippen LogP contribution in [0.3, 0.4) is 0 Å². The zero-order chi connectivity index (χ0) is 16.8. The van der Waals surface area contributed by atoms with Gasteiger partial charge in [-0.2, -0.15) is 0 Å². The van der Waals surface area contributed by atoms with Gasteiger partial charge in [0.25, 0.3) is 0 Å². The van der Waals surface area contributed by atoms with E-state index in [1.807, 2.05) is 18.2 Å². The van der Waals surface area contributed by atoms with Crippen molar-refractivity contribution >= 4 is 41.5 Å². The fraction of sp³-hybridized carbons (Fsp3) is 0.529. The predicted octanol–water partition coefficient (Wildman–Crippen LogP) is 2.74. The van der Waals surface area contributed by atoms with Crippen LogP contribution in [0.15, 0.2) is 23.2 Å². The molecule has 0 spiro atoms. The summed E-state index contributed by atoms with van der Waals surface area (Å²) < 4.78 is 5.26. The summed E-state index contributed by atoms with van der Waals surface area (Å²) >= 11 is 0. The average molecular weight is 446 g/mol. The third kappa shape index (κ3) is 6.18. The van der Waals surface area contributed by atoms with Crippen molar-refractivity contribution in [3.8, 4) is 5.75 Å². The molecule has 24 heavy (non-hydrogen) atoms. The van der Waals surface area contributed by atoms with Gasteiger partial charge in [-0.15, -0.1) is 24.0 Å². The predicted molar refractivity (Wildman–Crippen MR) is 108 cm³/mol. The van der Waals surface area contributed by atoms with E-state index in [1.165, 1.54) is 13.3 Å². The fourth-order valence-corrected chi connectivity index (χ4v) is 2.33. The van der Waals surface area contributed by atoms with Gasteiger partial charge in [-0.3, -0.25) is 4.79 Å². The molecule has 1 saturated carbocycles. The Morgan fingerprint density at radius 2 is 2.12 bits per heavy atom. The molecule has 1 aliphatic carbocycles. The maximum Gasteiger partial charge on any atom is 0.221 e. The summed E-state index contributed by atoms with van der Waals surface area (Å²) in [7, 11) is 1.59. The minimum atomic E-state index is -0.123. The molecular weight excluding hydrogens is 419 g/mol. The Morgan fingerprint density at radius 3 is 2.67 bits per heavy atom. The highest BCUT2D eigenvalue weighted by atomic mass is 127. The van der Waals surface area contributed by atoms with Gasteiger partial charge in [0, 0.05) is 19.5 Å². The van der Waals surface area contributed by atoms with Crippen LogP contribution in [0.25, 0.3) is 0 Å². The summed E-state index contributed by atoms with van der Waals surface area (Å²) in [5.41, 5.74) is 1.68. The molecule has 0 saturated heterocycles. The maximum atomic E-state index is 11.3. The number of amides is 1. The number of aliphatic imine (C=N–C) groups is 1. The minimum absolute atomic E-state index is 0. The number of hydrogen-bond acceptors (Lipinski definition) is 3. The first kappa shape index (κ1) is 20.5. The third-order valence-corrected chi connectivity index (χ3v) is 3.77. The highest BCUT2D eigenvalue weighted by molar-refractivity contribution is 14.0. The Labute approximate surface area is 160 Å². The van der Waals surface area contributed by atoms with Gasteiger partial charge < -0.3 is 20.7 Å². The van der Waals surface area contributed by atoms with E-state index in [2.05, 4.69) is 34.8 Å². The number of guanidine groups is 1.